The van der Waals surface area contributed by atoms with Crippen molar-refractivity contribution in [3.8, 4) is 11.5 Å². The quantitative estimate of drug-likeness (QED) is 0.632. The maximum Gasteiger partial charge on any atom is 0.325 e. The lowest BCUT2D eigenvalue weighted by atomic mass is 10.1. The molecule has 0 saturated carbocycles. The van der Waals surface area contributed by atoms with Gasteiger partial charge in [-0.1, -0.05) is 0 Å². The van der Waals surface area contributed by atoms with E-state index in [9.17, 15) is 14.4 Å². The molecule has 8 nitrogen and oxygen atoms in total. The minimum absolute atomic E-state index is 0.0577. The molecular formula is C21H30N2O6. The number of benzene rings is 1. The number of nitrogens with one attached hydrogen (secondary N) is 1. The van der Waals surface area contributed by atoms with E-state index in [-0.39, 0.29) is 25.2 Å². The highest BCUT2D eigenvalue weighted by Gasteiger charge is 2.18. The third-order valence-corrected chi connectivity index (χ3v) is 4.33. The number of likely N-dealkylation sites (tertiary alicyclic amines) is 1. The Morgan fingerprint density at radius 1 is 1.07 bits per heavy atom. The van der Waals surface area contributed by atoms with Crippen LogP contribution in [0.2, 0.25) is 0 Å². The van der Waals surface area contributed by atoms with Crippen molar-refractivity contribution in [2.45, 2.75) is 46.1 Å². The Balaban J connectivity index is 1.96. The molecule has 0 atom stereocenters. The SMILES string of the molecule is CCOc1cc(C(=O)NCC(=O)OC(C)C)ccc1OCC(=O)N1CCCCC1. The third-order valence-electron chi connectivity index (χ3n) is 4.33. The summed E-state index contributed by atoms with van der Waals surface area (Å²) in [5, 5.41) is 2.52. The zero-order chi connectivity index (χ0) is 21.2. The largest absolute Gasteiger partial charge is 0.490 e. The van der Waals surface area contributed by atoms with Gasteiger partial charge in [0.1, 0.15) is 6.54 Å². The molecule has 0 aromatic heterocycles. The Hall–Kier alpha value is -2.77. The smallest absolute Gasteiger partial charge is 0.325 e. The van der Waals surface area contributed by atoms with Gasteiger partial charge in [-0.15, -0.1) is 0 Å². The number of nitrogens with zero attached hydrogens (tertiary/aromatic N) is 1. The van der Waals surface area contributed by atoms with E-state index in [0.29, 0.717) is 23.7 Å². The van der Waals surface area contributed by atoms with Crippen molar-refractivity contribution >= 4 is 17.8 Å². The lowest BCUT2D eigenvalue weighted by molar-refractivity contribution is -0.146. The van der Waals surface area contributed by atoms with Gasteiger partial charge in [-0.05, 0) is 58.2 Å². The molecule has 2 amide bonds. The fourth-order valence-electron chi connectivity index (χ4n) is 2.97. The molecule has 1 saturated heterocycles. The van der Waals surface area contributed by atoms with Crippen LogP contribution in [0, 0.1) is 0 Å². The summed E-state index contributed by atoms with van der Waals surface area (Å²) < 4.78 is 16.2. The second-order valence-corrected chi connectivity index (χ2v) is 7.05. The first kappa shape index (κ1) is 22.5. The summed E-state index contributed by atoms with van der Waals surface area (Å²) in [6.07, 6.45) is 2.94. The van der Waals surface area contributed by atoms with Crippen LogP contribution in [-0.4, -0.2) is 61.6 Å². The molecule has 8 heteroatoms. The van der Waals surface area contributed by atoms with Crippen LogP contribution in [0.4, 0.5) is 0 Å². The van der Waals surface area contributed by atoms with Crippen molar-refractivity contribution in [1.82, 2.24) is 10.2 Å². The molecule has 1 N–H and O–H groups in total. The molecule has 1 aromatic rings. The Labute approximate surface area is 171 Å². The third kappa shape index (κ3) is 7.29. The highest BCUT2D eigenvalue weighted by Crippen LogP contribution is 2.28. The second kappa shape index (κ2) is 11.3. The first-order chi connectivity index (χ1) is 13.9. The van der Waals surface area contributed by atoms with Gasteiger partial charge < -0.3 is 24.4 Å². The number of carbonyl (C=O) groups excluding carboxylic acids is 3. The fraction of sp³-hybridized carbons (Fsp3) is 0.571. The van der Waals surface area contributed by atoms with Crippen molar-refractivity contribution < 1.29 is 28.6 Å². The molecule has 2 rings (SSSR count). The van der Waals surface area contributed by atoms with Crippen LogP contribution in [0.25, 0.3) is 0 Å². The van der Waals surface area contributed by atoms with Gasteiger partial charge >= 0.3 is 5.97 Å². The number of carbonyl (C=O) groups is 3. The first-order valence-electron chi connectivity index (χ1n) is 10.1. The number of hydrogen-bond acceptors (Lipinski definition) is 6. The van der Waals surface area contributed by atoms with Gasteiger partial charge in [-0.2, -0.15) is 0 Å². The van der Waals surface area contributed by atoms with Crippen molar-refractivity contribution in [2.24, 2.45) is 0 Å². The van der Waals surface area contributed by atoms with Crippen molar-refractivity contribution in [3.63, 3.8) is 0 Å². The minimum Gasteiger partial charge on any atom is -0.490 e. The van der Waals surface area contributed by atoms with E-state index in [1.165, 1.54) is 6.07 Å². The molecule has 160 valence electrons. The van der Waals surface area contributed by atoms with Crippen molar-refractivity contribution in [1.29, 1.82) is 0 Å². The summed E-state index contributed by atoms with van der Waals surface area (Å²) in [6, 6.07) is 4.69. The molecule has 0 bridgehead atoms. The Kier molecular flexibility index (Phi) is 8.76. The molecule has 1 aliphatic rings. The van der Waals surface area contributed by atoms with E-state index in [0.717, 1.165) is 32.4 Å². The molecule has 1 aromatic carbocycles. The van der Waals surface area contributed by atoms with Gasteiger partial charge in [0, 0.05) is 18.7 Å². The van der Waals surface area contributed by atoms with Crippen molar-refractivity contribution in [2.75, 3.05) is 32.8 Å². The van der Waals surface area contributed by atoms with Crippen LogP contribution in [0.15, 0.2) is 18.2 Å². The van der Waals surface area contributed by atoms with Crippen LogP contribution in [-0.2, 0) is 14.3 Å². The number of amides is 2. The van der Waals surface area contributed by atoms with Gasteiger partial charge in [0.25, 0.3) is 11.8 Å². The van der Waals surface area contributed by atoms with E-state index < -0.39 is 11.9 Å². The molecule has 0 radical (unpaired) electrons. The maximum atomic E-state index is 12.3. The van der Waals surface area contributed by atoms with Crippen LogP contribution >= 0.6 is 0 Å². The fourth-order valence-corrected chi connectivity index (χ4v) is 2.97. The number of hydrogen-bond donors (Lipinski definition) is 1. The molecule has 0 aliphatic carbocycles. The lowest BCUT2D eigenvalue weighted by Crippen LogP contribution is -2.38. The van der Waals surface area contributed by atoms with Gasteiger partial charge in [0.2, 0.25) is 0 Å². The van der Waals surface area contributed by atoms with Crippen molar-refractivity contribution in [3.05, 3.63) is 23.8 Å². The average Bonchev–Trinajstić information content (AvgIpc) is 2.71. The normalized spacial score (nSPS) is 13.7. The summed E-state index contributed by atoms with van der Waals surface area (Å²) in [6.45, 7) is 6.90. The second-order valence-electron chi connectivity index (χ2n) is 7.05. The minimum atomic E-state index is -0.505. The highest BCUT2D eigenvalue weighted by molar-refractivity contribution is 5.96. The van der Waals surface area contributed by atoms with Crippen LogP contribution < -0.4 is 14.8 Å². The summed E-state index contributed by atoms with van der Waals surface area (Å²) in [4.78, 5) is 38.0. The Bertz CT molecular complexity index is 713. The highest BCUT2D eigenvalue weighted by atomic mass is 16.5. The molecule has 0 spiro atoms. The molecule has 1 fully saturated rings. The number of ether oxygens (including phenoxy) is 3. The first-order valence-corrected chi connectivity index (χ1v) is 10.1. The molecule has 1 heterocycles. The predicted octanol–water partition coefficient (Wildman–Crippen LogP) is 2.16. The van der Waals surface area contributed by atoms with Crippen LogP contribution in [0.3, 0.4) is 0 Å². The molecule has 29 heavy (non-hydrogen) atoms. The standard InChI is InChI=1S/C21H30N2O6/c1-4-27-18-12-16(21(26)22-13-20(25)29-15(2)3)8-9-17(18)28-14-19(24)23-10-6-5-7-11-23/h8-9,12,15H,4-7,10-11,13-14H2,1-3H3,(H,22,26). The van der Waals surface area contributed by atoms with Gasteiger partial charge in [-0.25, -0.2) is 0 Å². The molecular weight excluding hydrogens is 376 g/mol. The molecule has 0 unspecified atom stereocenters. The number of rotatable bonds is 9. The van der Waals surface area contributed by atoms with Gasteiger partial charge in [0.15, 0.2) is 18.1 Å². The van der Waals surface area contributed by atoms with E-state index in [4.69, 9.17) is 14.2 Å². The predicted molar refractivity (Wildman–Crippen MR) is 107 cm³/mol. The van der Waals surface area contributed by atoms with Crippen LogP contribution in [0.1, 0.15) is 50.4 Å². The lowest BCUT2D eigenvalue weighted by Gasteiger charge is -2.26. The molecule has 1 aliphatic heterocycles. The van der Waals surface area contributed by atoms with E-state index >= 15 is 0 Å². The van der Waals surface area contributed by atoms with E-state index in [1.807, 2.05) is 11.8 Å². The van der Waals surface area contributed by atoms with E-state index in [2.05, 4.69) is 5.32 Å². The number of piperidine rings is 1. The zero-order valence-electron chi connectivity index (χ0n) is 17.4. The van der Waals surface area contributed by atoms with Gasteiger partial charge in [-0.3, -0.25) is 14.4 Å². The summed E-state index contributed by atoms with van der Waals surface area (Å²) in [7, 11) is 0. The average molecular weight is 406 g/mol. The summed E-state index contributed by atoms with van der Waals surface area (Å²) >= 11 is 0. The number of esters is 1. The monoisotopic (exact) mass is 406 g/mol. The van der Waals surface area contributed by atoms with Gasteiger partial charge in [0.05, 0.1) is 12.7 Å². The zero-order valence-corrected chi connectivity index (χ0v) is 17.4. The Morgan fingerprint density at radius 3 is 2.45 bits per heavy atom. The topological polar surface area (TPSA) is 94.2 Å². The Morgan fingerprint density at radius 2 is 1.79 bits per heavy atom. The van der Waals surface area contributed by atoms with E-state index in [1.54, 1.807) is 26.0 Å². The maximum absolute atomic E-state index is 12.3. The summed E-state index contributed by atoms with van der Waals surface area (Å²) in [5.41, 5.74) is 0.320. The van der Waals surface area contributed by atoms with Crippen LogP contribution in [0.5, 0.6) is 11.5 Å². The summed E-state index contributed by atoms with van der Waals surface area (Å²) in [5.74, 6) is -0.223.